The van der Waals surface area contributed by atoms with E-state index in [2.05, 4.69) is 27.7 Å². The molecule has 0 fully saturated rings. The van der Waals surface area contributed by atoms with Crippen molar-refractivity contribution >= 4 is 46.0 Å². The molecule has 1 amide bonds. The number of anilines is 1. The molecule has 0 saturated heterocycles. The fourth-order valence-corrected chi connectivity index (χ4v) is 2.86. The van der Waals surface area contributed by atoms with Gasteiger partial charge >= 0.3 is 0 Å². The van der Waals surface area contributed by atoms with Gasteiger partial charge < -0.3 is 9.84 Å². The number of carbonyl (C=O) groups excluding carboxylic acids is 1. The average molecular weight is 448 g/mol. The molecule has 0 radical (unpaired) electrons. The van der Waals surface area contributed by atoms with Crippen molar-refractivity contribution in [3.63, 3.8) is 0 Å². The van der Waals surface area contributed by atoms with Gasteiger partial charge in [0.05, 0.1) is 23.6 Å². The monoisotopic (exact) mass is 448 g/mol. The molecule has 0 unspecified atom stereocenters. The van der Waals surface area contributed by atoms with Crippen LogP contribution in [0, 0.1) is 3.57 Å². The number of rotatable bonds is 4. The third-order valence-corrected chi connectivity index (χ3v) is 4.45. The highest BCUT2D eigenvalue weighted by Gasteiger charge is 2.28. The Kier molecular flexibility index (Phi) is 5.08. The Hall–Kier alpha value is -2.35. The molecule has 2 aromatic rings. The van der Waals surface area contributed by atoms with E-state index in [0.717, 1.165) is 14.8 Å². The van der Waals surface area contributed by atoms with E-state index in [0.29, 0.717) is 23.6 Å². The Morgan fingerprint density at radius 2 is 1.96 bits per heavy atom. The fourth-order valence-electron chi connectivity index (χ4n) is 2.50. The zero-order valence-electron chi connectivity index (χ0n) is 13.9. The SMILES string of the molecule is CCOc1cc(/C=C2/C(=O)N(c3ccc(I)cc3)N=C2C)ccc1O. The molecular formula is C19H17IN2O3. The molecular weight excluding hydrogens is 431 g/mol. The molecule has 3 rings (SSSR count). The minimum Gasteiger partial charge on any atom is -0.504 e. The number of ether oxygens (including phenoxy) is 1. The summed E-state index contributed by atoms with van der Waals surface area (Å²) in [5.74, 6) is 0.295. The van der Waals surface area contributed by atoms with Gasteiger partial charge in [0.25, 0.3) is 5.91 Å². The summed E-state index contributed by atoms with van der Waals surface area (Å²) in [7, 11) is 0. The van der Waals surface area contributed by atoms with E-state index in [1.165, 1.54) is 5.01 Å². The number of phenolic OH excluding ortho intramolecular Hbond substituents is 1. The first-order valence-corrected chi connectivity index (χ1v) is 8.90. The summed E-state index contributed by atoms with van der Waals surface area (Å²) in [6, 6.07) is 12.6. The van der Waals surface area contributed by atoms with E-state index in [9.17, 15) is 9.90 Å². The lowest BCUT2D eigenvalue weighted by Crippen LogP contribution is -2.21. The van der Waals surface area contributed by atoms with Crippen molar-refractivity contribution in [3.05, 3.63) is 57.2 Å². The van der Waals surface area contributed by atoms with Crippen LogP contribution >= 0.6 is 22.6 Å². The maximum atomic E-state index is 12.7. The minimum absolute atomic E-state index is 0.0765. The van der Waals surface area contributed by atoms with Crippen molar-refractivity contribution in [2.75, 3.05) is 11.6 Å². The molecule has 0 spiro atoms. The van der Waals surface area contributed by atoms with Crippen molar-refractivity contribution in [1.82, 2.24) is 0 Å². The lowest BCUT2D eigenvalue weighted by molar-refractivity contribution is -0.114. The van der Waals surface area contributed by atoms with Crippen LogP contribution in [0.25, 0.3) is 6.08 Å². The molecule has 0 aliphatic carbocycles. The third-order valence-electron chi connectivity index (χ3n) is 3.73. The third kappa shape index (κ3) is 3.68. The lowest BCUT2D eigenvalue weighted by atomic mass is 10.1. The fraction of sp³-hybridized carbons (Fsp3) is 0.158. The highest BCUT2D eigenvalue weighted by Crippen LogP contribution is 2.30. The normalized spacial score (nSPS) is 15.6. The largest absolute Gasteiger partial charge is 0.504 e. The summed E-state index contributed by atoms with van der Waals surface area (Å²) in [4.78, 5) is 12.7. The molecule has 25 heavy (non-hydrogen) atoms. The molecule has 1 aliphatic rings. The number of benzene rings is 2. The Morgan fingerprint density at radius 1 is 1.24 bits per heavy atom. The van der Waals surface area contributed by atoms with E-state index in [1.807, 2.05) is 31.2 Å². The second-order valence-corrected chi connectivity index (χ2v) is 6.74. The predicted molar refractivity (Wildman–Crippen MR) is 107 cm³/mol. The van der Waals surface area contributed by atoms with Gasteiger partial charge in [-0.05, 0) is 84.5 Å². The molecule has 6 heteroatoms. The average Bonchev–Trinajstić information content (AvgIpc) is 2.87. The molecule has 0 aromatic heterocycles. The topological polar surface area (TPSA) is 62.1 Å². The zero-order chi connectivity index (χ0) is 18.0. The number of hydrogen-bond acceptors (Lipinski definition) is 4. The van der Waals surface area contributed by atoms with E-state index < -0.39 is 0 Å². The Balaban J connectivity index is 1.92. The van der Waals surface area contributed by atoms with Crippen LogP contribution in [0.1, 0.15) is 19.4 Å². The summed E-state index contributed by atoms with van der Waals surface area (Å²) in [5, 5.41) is 15.6. The van der Waals surface area contributed by atoms with Crippen LogP contribution in [-0.4, -0.2) is 23.3 Å². The quantitative estimate of drug-likeness (QED) is 0.564. The van der Waals surface area contributed by atoms with Gasteiger partial charge in [-0.1, -0.05) is 6.07 Å². The number of nitrogens with zero attached hydrogens (tertiary/aromatic N) is 2. The number of carbonyl (C=O) groups is 1. The zero-order valence-corrected chi connectivity index (χ0v) is 16.0. The molecule has 1 heterocycles. The molecule has 2 aromatic carbocycles. The number of amides is 1. The number of aromatic hydroxyl groups is 1. The van der Waals surface area contributed by atoms with Crippen LogP contribution in [0.4, 0.5) is 5.69 Å². The van der Waals surface area contributed by atoms with Crippen LogP contribution in [0.2, 0.25) is 0 Å². The first-order chi connectivity index (χ1) is 12.0. The summed E-state index contributed by atoms with van der Waals surface area (Å²) < 4.78 is 6.49. The van der Waals surface area contributed by atoms with Gasteiger partial charge in [-0.3, -0.25) is 4.79 Å². The number of halogens is 1. The van der Waals surface area contributed by atoms with E-state index in [4.69, 9.17) is 4.74 Å². The Bertz CT molecular complexity index is 873. The lowest BCUT2D eigenvalue weighted by Gasteiger charge is -2.11. The standard InChI is InChI=1S/C19H17IN2O3/c1-3-25-18-11-13(4-9-17(18)23)10-16-12(2)21-22(19(16)24)15-7-5-14(20)6-8-15/h4-11,23H,3H2,1-2H3/b16-10+. The van der Waals surface area contributed by atoms with Gasteiger partial charge in [-0.25, -0.2) is 0 Å². The molecule has 0 bridgehead atoms. The Labute approximate surface area is 159 Å². The molecule has 0 atom stereocenters. The highest BCUT2D eigenvalue weighted by molar-refractivity contribution is 14.1. The molecule has 1 N–H and O–H groups in total. The molecule has 0 saturated carbocycles. The van der Waals surface area contributed by atoms with Crippen molar-refractivity contribution in [1.29, 1.82) is 0 Å². The second-order valence-electron chi connectivity index (χ2n) is 5.50. The van der Waals surface area contributed by atoms with Gasteiger partial charge in [0.15, 0.2) is 11.5 Å². The van der Waals surface area contributed by atoms with E-state index in [1.54, 1.807) is 31.2 Å². The second kappa shape index (κ2) is 7.26. The van der Waals surface area contributed by atoms with Crippen LogP contribution < -0.4 is 9.75 Å². The first-order valence-electron chi connectivity index (χ1n) is 7.82. The predicted octanol–water partition coefficient (Wildman–Crippen LogP) is 4.20. The minimum atomic E-state index is -0.176. The van der Waals surface area contributed by atoms with Crippen molar-refractivity contribution in [2.45, 2.75) is 13.8 Å². The summed E-state index contributed by atoms with van der Waals surface area (Å²) in [6.45, 7) is 4.11. The van der Waals surface area contributed by atoms with Crippen LogP contribution in [0.15, 0.2) is 53.1 Å². The highest BCUT2D eigenvalue weighted by atomic mass is 127. The van der Waals surface area contributed by atoms with Gasteiger partial charge in [0.2, 0.25) is 0 Å². The maximum absolute atomic E-state index is 12.7. The number of hydrazone groups is 1. The van der Waals surface area contributed by atoms with Gasteiger partial charge in [0, 0.05) is 3.57 Å². The molecule has 1 aliphatic heterocycles. The van der Waals surface area contributed by atoms with Crippen LogP contribution in [-0.2, 0) is 4.79 Å². The van der Waals surface area contributed by atoms with Gasteiger partial charge in [-0.2, -0.15) is 10.1 Å². The first kappa shape index (κ1) is 17.5. The molecule has 5 nitrogen and oxygen atoms in total. The van der Waals surface area contributed by atoms with Crippen LogP contribution in [0.3, 0.4) is 0 Å². The van der Waals surface area contributed by atoms with Crippen molar-refractivity contribution in [2.24, 2.45) is 5.10 Å². The van der Waals surface area contributed by atoms with Gasteiger partial charge in [-0.15, -0.1) is 0 Å². The van der Waals surface area contributed by atoms with Crippen molar-refractivity contribution in [3.8, 4) is 11.5 Å². The number of hydrogen-bond donors (Lipinski definition) is 1. The van der Waals surface area contributed by atoms with E-state index >= 15 is 0 Å². The summed E-state index contributed by atoms with van der Waals surface area (Å²) in [6.07, 6.45) is 1.76. The van der Waals surface area contributed by atoms with Crippen molar-refractivity contribution < 1.29 is 14.6 Å². The molecule has 128 valence electrons. The summed E-state index contributed by atoms with van der Waals surface area (Å²) >= 11 is 2.22. The smallest absolute Gasteiger partial charge is 0.280 e. The number of phenols is 1. The summed E-state index contributed by atoms with van der Waals surface area (Å²) in [5.41, 5.74) is 2.67. The maximum Gasteiger partial charge on any atom is 0.280 e. The van der Waals surface area contributed by atoms with Gasteiger partial charge in [0.1, 0.15) is 0 Å². The van der Waals surface area contributed by atoms with Crippen LogP contribution in [0.5, 0.6) is 11.5 Å². The Morgan fingerprint density at radius 3 is 2.64 bits per heavy atom. The van der Waals surface area contributed by atoms with E-state index in [-0.39, 0.29) is 11.7 Å².